The van der Waals surface area contributed by atoms with Crippen molar-refractivity contribution in [3.63, 3.8) is 0 Å². The molecule has 1 aliphatic carbocycles. The molecule has 3 rings (SSSR count). The number of hydrogen-bond donors (Lipinski definition) is 0. The highest BCUT2D eigenvalue weighted by Gasteiger charge is 2.36. The quantitative estimate of drug-likeness (QED) is 0.799. The number of nitrogens with zero attached hydrogens (tertiary/aromatic N) is 2. The van der Waals surface area contributed by atoms with Crippen LogP contribution in [0.3, 0.4) is 0 Å². The minimum Gasteiger partial charge on any atom is -0.465 e. The molecule has 21 heavy (non-hydrogen) atoms. The molecule has 0 saturated carbocycles. The van der Waals surface area contributed by atoms with Gasteiger partial charge in [-0.05, 0) is 26.7 Å². The third-order valence-corrected chi connectivity index (χ3v) is 6.91. The van der Waals surface area contributed by atoms with Crippen LogP contribution in [-0.2, 0) is 16.0 Å². The number of esters is 1. The Morgan fingerprint density at radius 3 is 3.05 bits per heavy atom. The zero-order valence-corrected chi connectivity index (χ0v) is 14.4. The van der Waals surface area contributed by atoms with Crippen LogP contribution in [0.4, 0.5) is 5.13 Å². The zero-order chi connectivity index (χ0) is 15.0. The molecule has 1 aromatic heterocycles. The van der Waals surface area contributed by atoms with Crippen LogP contribution in [0.1, 0.15) is 43.7 Å². The van der Waals surface area contributed by atoms with Crippen molar-refractivity contribution in [3.05, 3.63) is 10.6 Å². The minimum absolute atomic E-state index is 0.108. The maximum absolute atomic E-state index is 12.0. The van der Waals surface area contributed by atoms with E-state index in [4.69, 9.17) is 9.72 Å². The molecule has 0 aromatic carbocycles. The first-order chi connectivity index (χ1) is 10.1. The van der Waals surface area contributed by atoms with Gasteiger partial charge in [0, 0.05) is 28.5 Å². The molecule has 4 nitrogen and oxygen atoms in total. The second-order valence-corrected chi connectivity index (χ2v) is 8.21. The molecule has 0 bridgehead atoms. The van der Waals surface area contributed by atoms with E-state index in [2.05, 4.69) is 18.7 Å². The lowest BCUT2D eigenvalue weighted by molar-refractivity contribution is -0.145. The molecule has 1 aromatic rings. The van der Waals surface area contributed by atoms with E-state index in [0.717, 1.165) is 36.0 Å². The second kappa shape index (κ2) is 6.16. The van der Waals surface area contributed by atoms with Crippen LogP contribution >= 0.6 is 23.1 Å². The monoisotopic (exact) mass is 326 g/mol. The number of carbonyl (C=O) groups is 1. The molecule has 0 spiro atoms. The third kappa shape index (κ3) is 2.80. The Bertz CT molecular complexity index is 532. The van der Waals surface area contributed by atoms with Gasteiger partial charge < -0.3 is 9.64 Å². The molecule has 116 valence electrons. The SMILES string of the molecule is CCOC(=O)C1CCc2sc(N3CCSC(C)C3C)nc21. The summed E-state index contributed by atoms with van der Waals surface area (Å²) in [5.41, 5.74) is 0.978. The summed E-state index contributed by atoms with van der Waals surface area (Å²) in [4.78, 5) is 20.5. The largest absolute Gasteiger partial charge is 0.465 e. The number of rotatable bonds is 3. The van der Waals surface area contributed by atoms with Gasteiger partial charge in [0.1, 0.15) is 5.92 Å². The number of thiazole rings is 1. The van der Waals surface area contributed by atoms with Gasteiger partial charge in [0.2, 0.25) is 0 Å². The number of fused-ring (bicyclic) bond motifs is 1. The summed E-state index contributed by atoms with van der Waals surface area (Å²) in [7, 11) is 0. The number of aromatic nitrogens is 1. The van der Waals surface area contributed by atoms with Gasteiger partial charge in [-0.2, -0.15) is 11.8 Å². The molecule has 0 amide bonds. The number of carbonyl (C=O) groups excluding carboxylic acids is 1. The van der Waals surface area contributed by atoms with Crippen molar-refractivity contribution in [2.75, 3.05) is 23.8 Å². The van der Waals surface area contributed by atoms with Crippen LogP contribution in [0.25, 0.3) is 0 Å². The molecule has 1 aliphatic heterocycles. The highest BCUT2D eigenvalue weighted by molar-refractivity contribution is 8.00. The lowest BCUT2D eigenvalue weighted by atomic mass is 10.1. The highest BCUT2D eigenvalue weighted by atomic mass is 32.2. The van der Waals surface area contributed by atoms with Crippen LogP contribution in [-0.4, -0.2) is 41.1 Å². The molecule has 0 radical (unpaired) electrons. The summed E-state index contributed by atoms with van der Waals surface area (Å²) in [5.74, 6) is 0.900. The maximum Gasteiger partial charge on any atom is 0.315 e. The standard InChI is InChI=1S/C15H22N2O2S2/c1-4-19-14(18)11-5-6-12-13(11)16-15(21-12)17-7-8-20-10(3)9(17)2/h9-11H,4-8H2,1-3H3. The Hall–Kier alpha value is -0.750. The maximum atomic E-state index is 12.0. The Morgan fingerprint density at radius 2 is 2.29 bits per heavy atom. The van der Waals surface area contributed by atoms with E-state index in [1.54, 1.807) is 11.3 Å². The van der Waals surface area contributed by atoms with Crippen molar-refractivity contribution in [2.45, 2.75) is 50.8 Å². The first-order valence-corrected chi connectivity index (χ1v) is 9.52. The van der Waals surface area contributed by atoms with Crippen molar-refractivity contribution in [1.82, 2.24) is 4.98 Å². The van der Waals surface area contributed by atoms with Gasteiger partial charge in [-0.15, -0.1) is 11.3 Å². The molecule has 2 aliphatic rings. The van der Waals surface area contributed by atoms with E-state index in [0.29, 0.717) is 17.9 Å². The van der Waals surface area contributed by atoms with Crippen LogP contribution in [0.5, 0.6) is 0 Å². The summed E-state index contributed by atoms with van der Waals surface area (Å²) in [5, 5.41) is 1.71. The average Bonchev–Trinajstić information content (AvgIpc) is 3.01. The minimum atomic E-state index is -0.142. The molecule has 1 saturated heterocycles. The first kappa shape index (κ1) is 15.2. The molecule has 3 unspecified atom stereocenters. The fourth-order valence-electron chi connectivity index (χ4n) is 3.01. The summed E-state index contributed by atoms with van der Waals surface area (Å²) in [6.07, 6.45) is 1.82. The summed E-state index contributed by atoms with van der Waals surface area (Å²) in [6, 6.07) is 0.496. The van der Waals surface area contributed by atoms with Crippen molar-refractivity contribution in [2.24, 2.45) is 0 Å². The number of thioether (sulfide) groups is 1. The predicted octanol–water partition coefficient (Wildman–Crippen LogP) is 3.07. The molecule has 2 heterocycles. The van der Waals surface area contributed by atoms with E-state index in [-0.39, 0.29) is 11.9 Å². The lowest BCUT2D eigenvalue weighted by Crippen LogP contribution is -2.44. The van der Waals surface area contributed by atoms with E-state index >= 15 is 0 Å². The summed E-state index contributed by atoms with van der Waals surface area (Å²) >= 11 is 3.80. The lowest BCUT2D eigenvalue weighted by Gasteiger charge is -2.37. The summed E-state index contributed by atoms with van der Waals surface area (Å²) < 4.78 is 5.18. The molecule has 3 atom stereocenters. The Balaban J connectivity index is 1.81. The van der Waals surface area contributed by atoms with Crippen molar-refractivity contribution in [1.29, 1.82) is 0 Å². The van der Waals surface area contributed by atoms with Crippen LogP contribution in [0.15, 0.2) is 0 Å². The van der Waals surface area contributed by atoms with Crippen molar-refractivity contribution >= 4 is 34.2 Å². The molecule has 6 heteroatoms. The fraction of sp³-hybridized carbons (Fsp3) is 0.733. The Morgan fingerprint density at radius 1 is 1.48 bits per heavy atom. The molecule has 0 N–H and O–H groups in total. The van der Waals surface area contributed by atoms with Gasteiger partial charge in [-0.3, -0.25) is 4.79 Å². The van der Waals surface area contributed by atoms with Gasteiger partial charge >= 0.3 is 5.97 Å². The average molecular weight is 326 g/mol. The predicted molar refractivity (Wildman–Crippen MR) is 88.5 cm³/mol. The van der Waals surface area contributed by atoms with Gasteiger partial charge in [-0.25, -0.2) is 4.98 Å². The number of ether oxygens (including phenoxy) is 1. The van der Waals surface area contributed by atoms with Crippen LogP contribution in [0, 0.1) is 0 Å². The molecular formula is C15H22N2O2S2. The van der Waals surface area contributed by atoms with Gasteiger partial charge in [0.05, 0.1) is 12.3 Å². The van der Waals surface area contributed by atoms with Crippen molar-refractivity contribution in [3.8, 4) is 0 Å². The van der Waals surface area contributed by atoms with Gasteiger partial charge in [-0.1, -0.05) is 6.92 Å². The summed E-state index contributed by atoms with van der Waals surface area (Å²) in [6.45, 7) is 7.90. The third-order valence-electron chi connectivity index (χ3n) is 4.41. The van der Waals surface area contributed by atoms with Gasteiger partial charge in [0.15, 0.2) is 5.13 Å². The van der Waals surface area contributed by atoms with Gasteiger partial charge in [0.25, 0.3) is 0 Å². The molecule has 1 fully saturated rings. The van der Waals surface area contributed by atoms with E-state index < -0.39 is 0 Å². The van der Waals surface area contributed by atoms with E-state index in [1.165, 1.54) is 4.88 Å². The van der Waals surface area contributed by atoms with E-state index in [1.807, 2.05) is 18.7 Å². The normalized spacial score (nSPS) is 28.5. The zero-order valence-electron chi connectivity index (χ0n) is 12.8. The smallest absolute Gasteiger partial charge is 0.315 e. The molecular weight excluding hydrogens is 304 g/mol. The Labute approximate surface area is 134 Å². The topological polar surface area (TPSA) is 42.4 Å². The number of hydrogen-bond acceptors (Lipinski definition) is 6. The fourth-order valence-corrected chi connectivity index (χ4v) is 5.36. The first-order valence-electron chi connectivity index (χ1n) is 7.66. The number of aryl methyl sites for hydroxylation is 1. The van der Waals surface area contributed by atoms with Crippen molar-refractivity contribution < 1.29 is 9.53 Å². The van der Waals surface area contributed by atoms with Crippen LogP contribution < -0.4 is 4.90 Å². The van der Waals surface area contributed by atoms with E-state index in [9.17, 15) is 4.79 Å². The second-order valence-electron chi connectivity index (χ2n) is 5.66. The highest BCUT2D eigenvalue weighted by Crippen LogP contribution is 2.41. The Kier molecular flexibility index (Phi) is 4.45. The van der Waals surface area contributed by atoms with Crippen LogP contribution in [0.2, 0.25) is 0 Å². The number of anilines is 1.